The van der Waals surface area contributed by atoms with Crippen LogP contribution in [0.1, 0.15) is 37.8 Å². The number of ether oxygens (including phenoxy) is 2. The minimum Gasteiger partial charge on any atom is -0.412 e. The number of hydrogen-bond donors (Lipinski definition) is 2. The highest BCUT2D eigenvalue weighted by atomic mass is 16.7. The smallest absolute Gasteiger partial charge is 0.412 e. The molecule has 0 aliphatic carbocycles. The number of para-hydroxylation sites is 2. The molecule has 0 spiro atoms. The van der Waals surface area contributed by atoms with E-state index >= 15 is 0 Å². The lowest BCUT2D eigenvalue weighted by Gasteiger charge is -2.18. The molecule has 0 aliphatic heterocycles. The van der Waals surface area contributed by atoms with Gasteiger partial charge in [0.1, 0.15) is 0 Å². The van der Waals surface area contributed by atoms with Crippen LogP contribution in [-0.4, -0.2) is 47.9 Å². The van der Waals surface area contributed by atoms with Crippen molar-refractivity contribution in [2.45, 2.75) is 66.1 Å². The maximum absolute atomic E-state index is 13.0. The lowest BCUT2D eigenvalue weighted by molar-refractivity contribution is 0.0155. The monoisotopic (exact) mass is 582 g/mol. The molecule has 0 bridgehead atoms. The maximum atomic E-state index is 13.0. The summed E-state index contributed by atoms with van der Waals surface area (Å²) in [4.78, 5) is 64.5. The van der Waals surface area contributed by atoms with Gasteiger partial charge in [-0.3, -0.25) is 28.3 Å². The fourth-order valence-electron chi connectivity index (χ4n) is 5.09. The van der Waals surface area contributed by atoms with Gasteiger partial charge in [-0.2, -0.15) is 0 Å². The quantitative estimate of drug-likeness (QED) is 0.185. The highest BCUT2D eigenvalue weighted by Crippen LogP contribution is 2.19. The first kappa shape index (κ1) is 30.5. The largest absolute Gasteiger partial charge is 0.511 e. The van der Waals surface area contributed by atoms with Gasteiger partial charge in [-0.05, 0) is 48.9 Å². The molecular formula is C29H34N4O9. The van der Waals surface area contributed by atoms with E-state index in [4.69, 9.17) is 9.47 Å². The number of aryl methyl sites for hydroxylation is 4. The molecule has 13 heteroatoms. The minimum atomic E-state index is -1.22. The Hall–Kier alpha value is -4.49. The first-order chi connectivity index (χ1) is 20.3. The van der Waals surface area contributed by atoms with Gasteiger partial charge in [0.2, 0.25) is 0 Å². The number of rotatable bonds is 12. The molecule has 0 radical (unpaired) electrons. The average Bonchev–Trinajstić information content (AvgIpc) is 3.00. The van der Waals surface area contributed by atoms with Crippen LogP contribution in [0.3, 0.4) is 0 Å². The van der Waals surface area contributed by atoms with E-state index in [9.17, 15) is 34.2 Å². The van der Waals surface area contributed by atoms with Crippen LogP contribution in [0.4, 0.5) is 4.79 Å². The molecule has 0 saturated carbocycles. The number of benzene rings is 2. The Labute approximate surface area is 239 Å². The molecule has 0 fully saturated rings. The number of nitrogens with zero attached hydrogens (tertiary/aromatic N) is 4. The van der Waals surface area contributed by atoms with Crippen LogP contribution < -0.4 is 22.2 Å². The first-order valence-electron chi connectivity index (χ1n) is 13.8. The zero-order valence-electron chi connectivity index (χ0n) is 23.6. The Bertz CT molecular complexity index is 1720. The second-order valence-corrected chi connectivity index (χ2v) is 9.61. The van der Waals surface area contributed by atoms with Gasteiger partial charge in [-0.1, -0.05) is 38.1 Å². The molecular weight excluding hydrogens is 548 g/mol. The molecule has 0 atom stereocenters. The van der Waals surface area contributed by atoms with Crippen LogP contribution in [0, 0.1) is 0 Å². The first-order valence-corrected chi connectivity index (χ1v) is 13.8. The van der Waals surface area contributed by atoms with Gasteiger partial charge < -0.3 is 28.8 Å². The Balaban J connectivity index is 1.64. The zero-order chi connectivity index (χ0) is 30.4. The number of aliphatic hydroxyl groups is 2. The van der Waals surface area contributed by atoms with Gasteiger partial charge in [0.05, 0.1) is 22.1 Å². The third kappa shape index (κ3) is 5.78. The van der Waals surface area contributed by atoms with Crippen molar-refractivity contribution in [3.63, 3.8) is 0 Å². The number of fused-ring (bicyclic) bond motifs is 2. The van der Waals surface area contributed by atoms with Crippen molar-refractivity contribution in [1.29, 1.82) is 0 Å². The molecule has 0 aliphatic rings. The van der Waals surface area contributed by atoms with Gasteiger partial charge >= 0.3 is 28.4 Å². The van der Waals surface area contributed by atoms with E-state index in [2.05, 4.69) is 0 Å². The van der Waals surface area contributed by atoms with Crippen molar-refractivity contribution in [2.75, 3.05) is 13.2 Å². The summed E-state index contributed by atoms with van der Waals surface area (Å²) in [6, 6.07) is 10.3. The number of carbonyl (C=O) groups excluding carboxylic acids is 1. The topological polar surface area (TPSA) is 164 Å². The second-order valence-electron chi connectivity index (χ2n) is 9.61. The second kappa shape index (κ2) is 13.4. The molecule has 2 N–H and O–H groups in total. The summed E-state index contributed by atoms with van der Waals surface area (Å²) in [5.41, 5.74) is -0.139. The van der Waals surface area contributed by atoms with Crippen molar-refractivity contribution < 1.29 is 24.5 Å². The number of carbonyl (C=O) groups is 1. The molecule has 4 rings (SSSR count). The third-order valence-electron chi connectivity index (χ3n) is 7.13. The van der Waals surface area contributed by atoms with Crippen LogP contribution in [0.15, 0.2) is 55.6 Å². The summed E-state index contributed by atoms with van der Waals surface area (Å²) in [6.45, 7) is 2.52. The molecule has 2 aromatic heterocycles. The lowest BCUT2D eigenvalue weighted by atomic mass is 10.1. The Morgan fingerprint density at radius 2 is 1.02 bits per heavy atom. The van der Waals surface area contributed by atoms with E-state index in [0.717, 1.165) is 20.3 Å². The van der Waals surface area contributed by atoms with Gasteiger partial charge in [0, 0.05) is 26.3 Å². The van der Waals surface area contributed by atoms with Crippen molar-refractivity contribution in [2.24, 2.45) is 0 Å². The minimum absolute atomic E-state index is 0.142. The standard InChI is InChI=1S/C29H34N4O9/c1-3-19-9-5-11-21-23(19)30(13-7-15-34)25(36)27(38)32(21)17-41-29(40)42-18-33-22-12-6-10-20(4-2)24(22)31(14-8-16-35)26(37)28(33)39/h5-6,9-12,34-35H,3-4,7-8,13-18H2,1-2H3. The summed E-state index contributed by atoms with van der Waals surface area (Å²) in [5.74, 6) is 0. The van der Waals surface area contributed by atoms with Crippen LogP contribution in [0.5, 0.6) is 0 Å². The van der Waals surface area contributed by atoms with Gasteiger partial charge in [-0.15, -0.1) is 0 Å². The fourth-order valence-corrected chi connectivity index (χ4v) is 5.09. The van der Waals surface area contributed by atoms with Gasteiger partial charge in [0.15, 0.2) is 13.5 Å². The normalized spacial score (nSPS) is 11.3. The van der Waals surface area contributed by atoms with E-state index in [0.29, 0.717) is 34.9 Å². The van der Waals surface area contributed by atoms with Crippen LogP contribution in [0.25, 0.3) is 22.1 Å². The predicted molar refractivity (Wildman–Crippen MR) is 155 cm³/mol. The Morgan fingerprint density at radius 3 is 1.38 bits per heavy atom. The molecule has 224 valence electrons. The summed E-state index contributed by atoms with van der Waals surface area (Å²) >= 11 is 0. The van der Waals surface area contributed by atoms with Crippen LogP contribution >= 0.6 is 0 Å². The third-order valence-corrected chi connectivity index (χ3v) is 7.13. The fraction of sp³-hybridized carbons (Fsp3) is 0.414. The molecule has 0 amide bonds. The summed E-state index contributed by atoms with van der Waals surface area (Å²) in [6.07, 6.45) is 0.469. The van der Waals surface area contributed by atoms with E-state index in [1.54, 1.807) is 24.3 Å². The lowest BCUT2D eigenvalue weighted by Crippen LogP contribution is -2.43. The zero-order valence-corrected chi connectivity index (χ0v) is 23.6. The number of aliphatic hydroxyl groups excluding tert-OH is 2. The Morgan fingerprint density at radius 1 is 0.643 bits per heavy atom. The van der Waals surface area contributed by atoms with Crippen molar-refractivity contribution in [3.05, 3.63) is 88.9 Å². The van der Waals surface area contributed by atoms with Crippen LogP contribution in [0.2, 0.25) is 0 Å². The van der Waals surface area contributed by atoms with Crippen molar-refractivity contribution in [1.82, 2.24) is 18.3 Å². The van der Waals surface area contributed by atoms with E-state index in [1.165, 1.54) is 9.13 Å². The molecule has 42 heavy (non-hydrogen) atoms. The summed E-state index contributed by atoms with van der Waals surface area (Å²) in [5, 5.41) is 18.5. The van der Waals surface area contributed by atoms with Gasteiger partial charge in [0.25, 0.3) is 0 Å². The van der Waals surface area contributed by atoms with Crippen molar-refractivity contribution >= 4 is 28.2 Å². The molecule has 0 saturated heterocycles. The van der Waals surface area contributed by atoms with Crippen LogP contribution in [-0.2, 0) is 48.9 Å². The maximum Gasteiger partial charge on any atom is 0.511 e. The Kier molecular flexibility index (Phi) is 9.76. The van der Waals surface area contributed by atoms with E-state index in [1.807, 2.05) is 26.0 Å². The number of hydrogen-bond acceptors (Lipinski definition) is 9. The molecule has 2 heterocycles. The highest BCUT2D eigenvalue weighted by molar-refractivity contribution is 5.80. The SMILES string of the molecule is CCc1cccc2c1n(CCCO)c(=O)c(=O)n2COC(=O)OCn1c(=O)c(=O)n(CCCO)c2c(CC)cccc21. The van der Waals surface area contributed by atoms with Gasteiger partial charge in [-0.25, -0.2) is 4.79 Å². The molecule has 0 unspecified atom stereocenters. The molecule has 2 aromatic carbocycles. The molecule has 13 nitrogen and oxygen atoms in total. The van der Waals surface area contributed by atoms with Crippen molar-refractivity contribution in [3.8, 4) is 0 Å². The number of aromatic nitrogens is 4. The molecule has 4 aromatic rings. The predicted octanol–water partition coefficient (Wildman–Crippen LogP) is 1.30. The van der Waals surface area contributed by atoms with E-state index < -0.39 is 41.9 Å². The summed E-state index contributed by atoms with van der Waals surface area (Å²) < 4.78 is 15.1. The average molecular weight is 583 g/mol. The highest BCUT2D eigenvalue weighted by Gasteiger charge is 2.19. The van der Waals surface area contributed by atoms with E-state index in [-0.39, 0.29) is 39.1 Å². The summed E-state index contributed by atoms with van der Waals surface area (Å²) in [7, 11) is 0.